The molecule has 6 heteroatoms. The molecular formula is C22H25F2N3O. The fourth-order valence-corrected chi connectivity index (χ4v) is 4.88. The number of carbonyl (C=O) groups is 1. The fraction of sp³-hybridized carbons (Fsp3) is 0.455. The predicted molar refractivity (Wildman–Crippen MR) is 103 cm³/mol. The van der Waals surface area contributed by atoms with Gasteiger partial charge in [-0.05, 0) is 43.2 Å². The van der Waals surface area contributed by atoms with Gasteiger partial charge in [-0.2, -0.15) is 0 Å². The zero-order valence-electron chi connectivity index (χ0n) is 16.1. The van der Waals surface area contributed by atoms with E-state index in [1.165, 1.54) is 5.56 Å². The molecule has 1 aromatic heterocycles. The number of likely N-dealkylation sites (N-methyl/N-ethyl adjacent to an activating group) is 1. The van der Waals surface area contributed by atoms with Crippen LogP contribution in [-0.2, 0) is 0 Å². The molecule has 28 heavy (non-hydrogen) atoms. The van der Waals surface area contributed by atoms with Gasteiger partial charge in [-0.1, -0.05) is 30.3 Å². The zero-order valence-corrected chi connectivity index (χ0v) is 16.1. The molecule has 1 aromatic carbocycles. The Bertz CT molecular complexity index is 850. The van der Waals surface area contributed by atoms with E-state index in [9.17, 15) is 13.6 Å². The standard InChI is InChI=1S/C22H25F2N3O/c1-26-14-17(16-5-3-2-4-6-16)12-22(15-26)7-9-27(10-8-22)21(28)20-19(24)11-18(23)13-25-20/h2-6,11,13,17H,7-10,12,14-15H2,1H3/t17-/m1/s1. The van der Waals surface area contributed by atoms with E-state index in [2.05, 4.69) is 41.2 Å². The van der Waals surface area contributed by atoms with Crippen LogP contribution in [0.3, 0.4) is 0 Å². The molecule has 2 aliphatic heterocycles. The van der Waals surface area contributed by atoms with Gasteiger partial charge in [-0.15, -0.1) is 0 Å². The molecule has 0 bridgehead atoms. The third-order valence-electron chi connectivity index (χ3n) is 6.21. The molecule has 1 spiro atoms. The number of nitrogens with zero attached hydrogens (tertiary/aromatic N) is 3. The summed E-state index contributed by atoms with van der Waals surface area (Å²) in [7, 11) is 2.16. The monoisotopic (exact) mass is 385 g/mol. The van der Waals surface area contributed by atoms with Gasteiger partial charge in [0.1, 0.15) is 5.82 Å². The molecule has 3 heterocycles. The quantitative estimate of drug-likeness (QED) is 0.791. The van der Waals surface area contributed by atoms with Crippen LogP contribution in [0.4, 0.5) is 8.78 Å². The summed E-state index contributed by atoms with van der Waals surface area (Å²) in [5.74, 6) is -1.63. The smallest absolute Gasteiger partial charge is 0.275 e. The van der Waals surface area contributed by atoms with Crippen molar-refractivity contribution < 1.29 is 13.6 Å². The molecule has 2 saturated heterocycles. The Labute approximate surface area is 164 Å². The van der Waals surface area contributed by atoms with Crippen molar-refractivity contribution in [2.75, 3.05) is 33.2 Å². The van der Waals surface area contributed by atoms with Gasteiger partial charge in [-0.3, -0.25) is 4.79 Å². The van der Waals surface area contributed by atoms with Crippen molar-refractivity contribution in [2.24, 2.45) is 5.41 Å². The minimum Gasteiger partial charge on any atom is -0.337 e. The van der Waals surface area contributed by atoms with Crippen molar-refractivity contribution in [3.8, 4) is 0 Å². The van der Waals surface area contributed by atoms with Crippen molar-refractivity contribution in [1.82, 2.24) is 14.8 Å². The summed E-state index contributed by atoms with van der Waals surface area (Å²) in [4.78, 5) is 20.4. The highest BCUT2D eigenvalue weighted by atomic mass is 19.1. The van der Waals surface area contributed by atoms with Crippen molar-refractivity contribution in [1.29, 1.82) is 0 Å². The van der Waals surface area contributed by atoms with E-state index in [4.69, 9.17) is 0 Å². The van der Waals surface area contributed by atoms with Crippen molar-refractivity contribution in [3.63, 3.8) is 0 Å². The van der Waals surface area contributed by atoms with Gasteiger partial charge >= 0.3 is 0 Å². The van der Waals surface area contributed by atoms with Crippen molar-refractivity contribution in [2.45, 2.75) is 25.2 Å². The minimum atomic E-state index is -0.896. The molecule has 2 aliphatic rings. The lowest BCUT2D eigenvalue weighted by Crippen LogP contribution is -2.51. The molecule has 4 rings (SSSR count). The van der Waals surface area contributed by atoms with E-state index in [0.29, 0.717) is 25.1 Å². The van der Waals surface area contributed by atoms with Crippen LogP contribution in [0.15, 0.2) is 42.6 Å². The number of aromatic nitrogens is 1. The number of likely N-dealkylation sites (tertiary alicyclic amines) is 2. The maximum absolute atomic E-state index is 13.9. The van der Waals surface area contributed by atoms with Crippen LogP contribution in [0.2, 0.25) is 0 Å². The second-order valence-corrected chi connectivity index (χ2v) is 8.28. The van der Waals surface area contributed by atoms with E-state index >= 15 is 0 Å². The van der Waals surface area contributed by atoms with Crippen LogP contribution in [0.25, 0.3) is 0 Å². The Morgan fingerprint density at radius 3 is 2.57 bits per heavy atom. The molecule has 4 nitrogen and oxygen atoms in total. The van der Waals surface area contributed by atoms with Gasteiger partial charge in [0.25, 0.3) is 5.91 Å². The molecule has 0 radical (unpaired) electrons. The van der Waals surface area contributed by atoms with E-state index in [1.807, 2.05) is 6.07 Å². The molecule has 2 aromatic rings. The summed E-state index contributed by atoms with van der Waals surface area (Å²) in [6.07, 6.45) is 3.76. The number of pyridine rings is 1. The number of rotatable bonds is 2. The summed E-state index contributed by atoms with van der Waals surface area (Å²) in [6.45, 7) is 3.21. The lowest BCUT2D eigenvalue weighted by Gasteiger charge is -2.49. The first kappa shape index (κ1) is 19.0. The van der Waals surface area contributed by atoms with E-state index in [-0.39, 0.29) is 11.1 Å². The lowest BCUT2D eigenvalue weighted by molar-refractivity contribution is 0.0219. The highest BCUT2D eigenvalue weighted by Gasteiger charge is 2.42. The Hall–Kier alpha value is -2.34. The number of halogens is 2. The molecule has 1 amide bonds. The largest absolute Gasteiger partial charge is 0.337 e. The van der Waals surface area contributed by atoms with Crippen LogP contribution in [0.1, 0.15) is 41.2 Å². The SMILES string of the molecule is CN1C[C@H](c2ccccc2)CC2(CCN(C(=O)c3ncc(F)cc3F)CC2)C1. The van der Waals surface area contributed by atoms with Gasteiger partial charge in [-0.25, -0.2) is 13.8 Å². The van der Waals surface area contributed by atoms with Gasteiger partial charge < -0.3 is 9.80 Å². The average Bonchev–Trinajstić information content (AvgIpc) is 2.68. The normalized spacial score (nSPS) is 22.4. The molecule has 0 N–H and O–H groups in total. The molecule has 0 aliphatic carbocycles. The number of benzene rings is 1. The van der Waals surface area contributed by atoms with Gasteiger partial charge in [0.2, 0.25) is 0 Å². The number of hydrogen-bond donors (Lipinski definition) is 0. The summed E-state index contributed by atoms with van der Waals surface area (Å²) in [5, 5.41) is 0. The van der Waals surface area contributed by atoms with Crippen LogP contribution in [0.5, 0.6) is 0 Å². The zero-order chi connectivity index (χ0) is 19.7. The number of carbonyl (C=O) groups excluding carboxylic acids is 1. The summed E-state index contributed by atoms with van der Waals surface area (Å²) < 4.78 is 27.0. The van der Waals surface area contributed by atoms with Crippen LogP contribution >= 0.6 is 0 Å². The van der Waals surface area contributed by atoms with Gasteiger partial charge in [0.15, 0.2) is 11.5 Å². The van der Waals surface area contributed by atoms with Crippen molar-refractivity contribution in [3.05, 3.63) is 65.5 Å². The average molecular weight is 385 g/mol. The third-order valence-corrected chi connectivity index (χ3v) is 6.21. The summed E-state index contributed by atoms with van der Waals surface area (Å²) >= 11 is 0. The number of hydrogen-bond acceptors (Lipinski definition) is 3. The second kappa shape index (κ2) is 7.59. The minimum absolute atomic E-state index is 0.166. The van der Waals surface area contributed by atoms with E-state index < -0.39 is 17.5 Å². The second-order valence-electron chi connectivity index (χ2n) is 8.28. The van der Waals surface area contributed by atoms with Crippen LogP contribution in [-0.4, -0.2) is 53.9 Å². The molecule has 2 fully saturated rings. The number of piperidine rings is 2. The Morgan fingerprint density at radius 2 is 1.89 bits per heavy atom. The number of amides is 1. The molecule has 148 valence electrons. The first-order valence-electron chi connectivity index (χ1n) is 9.80. The van der Waals surface area contributed by atoms with Gasteiger partial charge in [0.05, 0.1) is 6.20 Å². The van der Waals surface area contributed by atoms with E-state index in [0.717, 1.165) is 38.5 Å². The predicted octanol–water partition coefficient (Wildman–Crippen LogP) is 3.70. The topological polar surface area (TPSA) is 36.4 Å². The Morgan fingerprint density at radius 1 is 1.18 bits per heavy atom. The highest BCUT2D eigenvalue weighted by molar-refractivity contribution is 5.92. The highest BCUT2D eigenvalue weighted by Crippen LogP contribution is 2.44. The first-order chi connectivity index (χ1) is 13.5. The third kappa shape index (κ3) is 3.78. The van der Waals surface area contributed by atoms with E-state index in [1.54, 1.807) is 4.90 Å². The van der Waals surface area contributed by atoms with Gasteiger partial charge in [0, 0.05) is 32.2 Å². The first-order valence-corrected chi connectivity index (χ1v) is 9.80. The molecule has 1 atom stereocenters. The molecular weight excluding hydrogens is 360 g/mol. The maximum atomic E-state index is 13.9. The summed E-state index contributed by atoms with van der Waals surface area (Å²) in [6, 6.07) is 11.3. The van der Waals surface area contributed by atoms with Crippen LogP contribution < -0.4 is 0 Å². The maximum Gasteiger partial charge on any atom is 0.275 e. The Balaban J connectivity index is 1.45. The molecule has 0 saturated carbocycles. The van der Waals surface area contributed by atoms with Crippen molar-refractivity contribution >= 4 is 5.91 Å². The fourth-order valence-electron chi connectivity index (χ4n) is 4.88. The van der Waals surface area contributed by atoms with Crippen LogP contribution in [0, 0.1) is 17.0 Å². The molecule has 0 unspecified atom stereocenters. The summed E-state index contributed by atoms with van der Waals surface area (Å²) in [5.41, 5.74) is 1.24. The Kier molecular flexibility index (Phi) is 5.15. The lowest BCUT2D eigenvalue weighted by atomic mass is 9.68.